The van der Waals surface area contributed by atoms with Crippen molar-refractivity contribution in [1.29, 1.82) is 0 Å². The molecule has 0 aliphatic rings. The van der Waals surface area contributed by atoms with E-state index in [-0.39, 0.29) is 30.5 Å². The lowest BCUT2D eigenvalue weighted by molar-refractivity contribution is -0.117. The minimum Gasteiger partial charge on any atom is -0.383 e. The zero-order valence-electron chi connectivity index (χ0n) is 17.6. The van der Waals surface area contributed by atoms with Crippen molar-refractivity contribution in [1.82, 2.24) is 9.55 Å². The molecular formula is C20H26F3N5O3. The van der Waals surface area contributed by atoms with Crippen molar-refractivity contribution < 1.29 is 18.0 Å². The number of hydrogen-bond acceptors (Lipinski definition) is 5. The zero-order chi connectivity index (χ0) is 23.3. The topological polar surface area (TPSA) is 113 Å². The van der Waals surface area contributed by atoms with Crippen LogP contribution in [0.5, 0.6) is 0 Å². The van der Waals surface area contributed by atoms with Crippen molar-refractivity contribution in [2.24, 2.45) is 5.92 Å². The van der Waals surface area contributed by atoms with Crippen LogP contribution in [0.25, 0.3) is 0 Å². The number of nitrogens with two attached hydrogens (primary N) is 1. The summed E-state index contributed by atoms with van der Waals surface area (Å²) in [6.45, 7) is 5.42. The summed E-state index contributed by atoms with van der Waals surface area (Å²) in [4.78, 5) is 40.8. The predicted molar refractivity (Wildman–Crippen MR) is 113 cm³/mol. The zero-order valence-corrected chi connectivity index (χ0v) is 17.6. The van der Waals surface area contributed by atoms with Crippen molar-refractivity contribution in [2.45, 2.75) is 40.2 Å². The van der Waals surface area contributed by atoms with Crippen LogP contribution in [0.3, 0.4) is 0 Å². The third-order valence-corrected chi connectivity index (χ3v) is 4.53. The Hall–Kier alpha value is -3.24. The van der Waals surface area contributed by atoms with E-state index in [1.807, 2.05) is 20.8 Å². The Balaban J connectivity index is 2.39. The van der Waals surface area contributed by atoms with Crippen molar-refractivity contribution >= 4 is 23.1 Å². The predicted octanol–water partition coefficient (Wildman–Crippen LogP) is 2.44. The van der Waals surface area contributed by atoms with Crippen LogP contribution in [0.4, 0.5) is 30.4 Å². The maximum Gasteiger partial charge on any atom is 0.330 e. The highest BCUT2D eigenvalue weighted by Crippen LogP contribution is 2.21. The maximum atomic E-state index is 13.9. The molecule has 11 heteroatoms. The third-order valence-electron chi connectivity index (χ3n) is 4.53. The number of amides is 1. The summed E-state index contributed by atoms with van der Waals surface area (Å²) in [5.74, 6) is -5.27. The number of halogens is 3. The van der Waals surface area contributed by atoms with E-state index in [0.717, 1.165) is 17.0 Å². The van der Waals surface area contributed by atoms with Crippen LogP contribution >= 0.6 is 0 Å². The monoisotopic (exact) mass is 441 g/mol. The molecule has 0 atom stereocenters. The van der Waals surface area contributed by atoms with Crippen LogP contribution < -0.4 is 27.2 Å². The number of nitrogens with zero attached hydrogens (tertiary/aromatic N) is 2. The van der Waals surface area contributed by atoms with E-state index < -0.39 is 46.8 Å². The van der Waals surface area contributed by atoms with Crippen LogP contribution in [0.2, 0.25) is 0 Å². The first-order chi connectivity index (χ1) is 14.6. The number of carbonyl (C=O) groups is 1. The van der Waals surface area contributed by atoms with Gasteiger partial charge in [0.15, 0.2) is 23.1 Å². The van der Waals surface area contributed by atoms with Crippen LogP contribution in [0.1, 0.15) is 33.6 Å². The summed E-state index contributed by atoms with van der Waals surface area (Å²) < 4.78 is 41.6. The number of anilines is 3. The number of H-pyrrole nitrogens is 1. The number of aromatic nitrogens is 2. The van der Waals surface area contributed by atoms with Gasteiger partial charge in [0.1, 0.15) is 5.82 Å². The molecule has 0 fully saturated rings. The Morgan fingerprint density at radius 3 is 2.52 bits per heavy atom. The molecule has 4 N–H and O–H groups in total. The molecule has 0 saturated carbocycles. The molecule has 0 radical (unpaired) electrons. The first-order valence-corrected chi connectivity index (χ1v) is 9.88. The molecule has 2 rings (SSSR count). The normalized spacial score (nSPS) is 11.1. The highest BCUT2D eigenvalue weighted by atomic mass is 19.2. The second kappa shape index (κ2) is 10.2. The van der Waals surface area contributed by atoms with Gasteiger partial charge < -0.3 is 16.0 Å². The molecule has 0 spiro atoms. The minimum absolute atomic E-state index is 0.0385. The quantitative estimate of drug-likeness (QED) is 0.518. The van der Waals surface area contributed by atoms with E-state index in [1.165, 1.54) is 4.57 Å². The van der Waals surface area contributed by atoms with Crippen molar-refractivity contribution in [2.75, 3.05) is 29.0 Å². The third kappa shape index (κ3) is 5.47. The Morgan fingerprint density at radius 1 is 1.23 bits per heavy atom. The summed E-state index contributed by atoms with van der Waals surface area (Å²) in [6.07, 6.45) is 1.21. The lowest BCUT2D eigenvalue weighted by atomic mass is 10.2. The average Bonchev–Trinajstić information content (AvgIpc) is 2.70. The van der Waals surface area contributed by atoms with Crippen molar-refractivity contribution in [3.05, 3.63) is 50.4 Å². The van der Waals surface area contributed by atoms with E-state index >= 15 is 0 Å². The second-order valence-corrected chi connectivity index (χ2v) is 7.47. The molecule has 1 heterocycles. The SMILES string of the molecule is CCCCN(C(=O)CNc1ccc(F)c(F)c1F)c1c(N)n(CC(C)C)c(=O)[nH]c1=O. The summed E-state index contributed by atoms with van der Waals surface area (Å²) in [5.41, 5.74) is 3.97. The number of unbranched alkanes of at least 4 members (excludes halogenated alkanes) is 1. The van der Waals surface area contributed by atoms with Crippen LogP contribution in [0, 0.1) is 23.4 Å². The first-order valence-electron chi connectivity index (χ1n) is 9.88. The number of carbonyl (C=O) groups excluding carboxylic acids is 1. The number of aromatic amines is 1. The molecule has 1 amide bonds. The molecule has 1 aromatic heterocycles. The Kier molecular flexibility index (Phi) is 7.89. The maximum absolute atomic E-state index is 13.9. The van der Waals surface area contributed by atoms with Gasteiger partial charge in [0, 0.05) is 13.1 Å². The number of nitrogens with one attached hydrogen (secondary N) is 2. The molecule has 0 saturated heterocycles. The average molecular weight is 441 g/mol. The molecule has 170 valence electrons. The minimum atomic E-state index is -1.67. The van der Waals surface area contributed by atoms with E-state index in [9.17, 15) is 27.6 Å². The fraction of sp³-hybridized carbons (Fsp3) is 0.450. The first kappa shape index (κ1) is 24.0. The molecule has 0 unspecified atom stereocenters. The van der Waals surface area contributed by atoms with E-state index in [1.54, 1.807) is 0 Å². The standard InChI is InChI=1S/C20H26F3N5O3/c1-4-5-8-27(14(29)9-25-13-7-6-12(21)15(22)16(13)23)17-18(24)28(10-11(2)3)20(31)26-19(17)30/h6-7,11,25H,4-5,8-10,24H2,1-3H3,(H,26,30,31). The van der Waals surface area contributed by atoms with Gasteiger partial charge >= 0.3 is 5.69 Å². The van der Waals surface area contributed by atoms with Gasteiger partial charge in [0.2, 0.25) is 5.91 Å². The van der Waals surface area contributed by atoms with Gasteiger partial charge in [0.05, 0.1) is 12.2 Å². The molecule has 0 aliphatic carbocycles. The number of hydrogen-bond donors (Lipinski definition) is 3. The number of nitrogen functional groups attached to an aromatic ring is 1. The van der Waals surface area contributed by atoms with Gasteiger partial charge in [-0.2, -0.15) is 0 Å². The number of rotatable bonds is 9. The largest absolute Gasteiger partial charge is 0.383 e. The van der Waals surface area contributed by atoms with Crippen molar-refractivity contribution in [3.8, 4) is 0 Å². The molecule has 8 nitrogen and oxygen atoms in total. The number of benzene rings is 1. The summed E-state index contributed by atoms with van der Waals surface area (Å²) in [7, 11) is 0. The van der Waals surface area contributed by atoms with Gasteiger partial charge in [-0.25, -0.2) is 18.0 Å². The van der Waals surface area contributed by atoms with Crippen LogP contribution in [-0.4, -0.2) is 28.5 Å². The van der Waals surface area contributed by atoms with E-state index in [0.29, 0.717) is 12.8 Å². The molecule has 1 aromatic carbocycles. The lowest BCUT2D eigenvalue weighted by Gasteiger charge is -2.25. The Bertz CT molecular complexity index is 1070. The molecule has 0 aliphatic heterocycles. The van der Waals surface area contributed by atoms with Crippen LogP contribution in [-0.2, 0) is 11.3 Å². The van der Waals surface area contributed by atoms with Crippen molar-refractivity contribution in [3.63, 3.8) is 0 Å². The van der Waals surface area contributed by atoms with Gasteiger partial charge in [-0.3, -0.25) is 19.1 Å². The molecule has 2 aromatic rings. The summed E-state index contributed by atoms with van der Waals surface area (Å²) in [5, 5.41) is 2.41. The molecule has 0 bridgehead atoms. The van der Waals surface area contributed by atoms with Gasteiger partial charge in [-0.05, 0) is 24.5 Å². The van der Waals surface area contributed by atoms with E-state index in [4.69, 9.17) is 5.73 Å². The van der Waals surface area contributed by atoms with Crippen LogP contribution in [0.15, 0.2) is 21.7 Å². The van der Waals surface area contributed by atoms with Gasteiger partial charge in [0.25, 0.3) is 5.56 Å². The fourth-order valence-electron chi connectivity index (χ4n) is 2.99. The Labute approximate surface area is 176 Å². The lowest BCUT2D eigenvalue weighted by Crippen LogP contribution is -2.44. The van der Waals surface area contributed by atoms with E-state index in [2.05, 4.69) is 10.3 Å². The van der Waals surface area contributed by atoms with Gasteiger partial charge in [-0.15, -0.1) is 0 Å². The van der Waals surface area contributed by atoms with Gasteiger partial charge in [-0.1, -0.05) is 27.2 Å². The molecular weight excluding hydrogens is 415 g/mol. The summed E-state index contributed by atoms with van der Waals surface area (Å²) in [6, 6.07) is 1.69. The smallest absolute Gasteiger partial charge is 0.330 e. The summed E-state index contributed by atoms with van der Waals surface area (Å²) >= 11 is 0. The Morgan fingerprint density at radius 2 is 1.90 bits per heavy atom. The highest BCUT2D eigenvalue weighted by Gasteiger charge is 2.24. The fourth-order valence-corrected chi connectivity index (χ4v) is 2.99. The highest BCUT2D eigenvalue weighted by molar-refractivity contribution is 5.98. The second-order valence-electron chi connectivity index (χ2n) is 7.47. The molecule has 31 heavy (non-hydrogen) atoms.